The maximum Gasteiger partial charge on any atom is 0.268 e. The molecule has 1 amide bonds. The van der Waals surface area contributed by atoms with Crippen LogP contribution in [0.2, 0.25) is 0 Å². The molecule has 0 aliphatic carbocycles. The number of carbonyl (C=O) groups excluding carboxylic acids is 1. The Morgan fingerprint density at radius 1 is 1.17 bits per heavy atom. The number of nitrogens with one attached hydrogen (secondary N) is 1. The standard InChI is InChI=1S/C19H20N2O3/c1-19(23,17-9-6-12-24-17)13-20-18(22)16-11-10-15(21(16)2)14-7-4-3-5-8-14/h3-12,23H,13H2,1-2H3,(H,20,22). The highest BCUT2D eigenvalue weighted by atomic mass is 16.4. The van der Waals surface area contributed by atoms with Crippen molar-refractivity contribution in [1.82, 2.24) is 9.88 Å². The Labute approximate surface area is 140 Å². The van der Waals surface area contributed by atoms with Crippen LogP contribution in [-0.4, -0.2) is 22.1 Å². The Bertz CT molecular complexity index is 818. The van der Waals surface area contributed by atoms with E-state index >= 15 is 0 Å². The van der Waals surface area contributed by atoms with Crippen LogP contribution >= 0.6 is 0 Å². The van der Waals surface area contributed by atoms with Gasteiger partial charge in [-0.3, -0.25) is 4.79 Å². The highest BCUT2D eigenvalue weighted by molar-refractivity contribution is 5.93. The number of aliphatic hydroxyl groups is 1. The van der Waals surface area contributed by atoms with Gasteiger partial charge in [0, 0.05) is 12.7 Å². The number of nitrogens with zero attached hydrogens (tertiary/aromatic N) is 1. The molecule has 0 spiro atoms. The summed E-state index contributed by atoms with van der Waals surface area (Å²) in [6, 6.07) is 16.9. The van der Waals surface area contributed by atoms with E-state index in [0.717, 1.165) is 11.3 Å². The van der Waals surface area contributed by atoms with Crippen LogP contribution in [0.25, 0.3) is 11.3 Å². The number of benzene rings is 1. The van der Waals surface area contributed by atoms with Gasteiger partial charge < -0.3 is 19.4 Å². The lowest BCUT2D eigenvalue weighted by Crippen LogP contribution is -2.38. The van der Waals surface area contributed by atoms with Crippen molar-refractivity contribution in [2.24, 2.45) is 7.05 Å². The first-order chi connectivity index (χ1) is 11.5. The molecule has 1 unspecified atom stereocenters. The monoisotopic (exact) mass is 324 g/mol. The van der Waals surface area contributed by atoms with Crippen molar-refractivity contribution >= 4 is 5.91 Å². The predicted molar refractivity (Wildman–Crippen MR) is 91.5 cm³/mol. The van der Waals surface area contributed by atoms with E-state index in [-0.39, 0.29) is 12.5 Å². The van der Waals surface area contributed by atoms with Gasteiger partial charge in [0.2, 0.25) is 0 Å². The summed E-state index contributed by atoms with van der Waals surface area (Å²) < 4.78 is 7.06. The van der Waals surface area contributed by atoms with Crippen LogP contribution < -0.4 is 5.32 Å². The van der Waals surface area contributed by atoms with Gasteiger partial charge >= 0.3 is 0 Å². The van der Waals surface area contributed by atoms with Gasteiger partial charge in [-0.25, -0.2) is 0 Å². The summed E-state index contributed by atoms with van der Waals surface area (Å²) in [5.74, 6) is 0.172. The Morgan fingerprint density at radius 2 is 1.92 bits per heavy atom. The van der Waals surface area contributed by atoms with Crippen LogP contribution in [0.15, 0.2) is 65.3 Å². The lowest BCUT2D eigenvalue weighted by Gasteiger charge is -2.21. The van der Waals surface area contributed by atoms with Crippen LogP contribution in [0, 0.1) is 0 Å². The molecule has 3 aromatic rings. The first-order valence-corrected chi connectivity index (χ1v) is 7.75. The Hall–Kier alpha value is -2.79. The first-order valence-electron chi connectivity index (χ1n) is 7.75. The van der Waals surface area contributed by atoms with Crippen molar-refractivity contribution < 1.29 is 14.3 Å². The molecule has 1 atom stereocenters. The fourth-order valence-corrected chi connectivity index (χ4v) is 2.65. The second-order valence-electron chi connectivity index (χ2n) is 5.96. The Balaban J connectivity index is 1.74. The summed E-state index contributed by atoms with van der Waals surface area (Å²) in [6.45, 7) is 1.66. The number of rotatable bonds is 5. The van der Waals surface area contributed by atoms with Crippen LogP contribution in [0.3, 0.4) is 0 Å². The largest absolute Gasteiger partial charge is 0.466 e. The van der Waals surface area contributed by atoms with Crippen LogP contribution in [0.4, 0.5) is 0 Å². The summed E-state index contributed by atoms with van der Waals surface area (Å²) in [4.78, 5) is 12.5. The fourth-order valence-electron chi connectivity index (χ4n) is 2.65. The predicted octanol–water partition coefficient (Wildman–Crippen LogP) is 2.92. The number of carbonyl (C=O) groups is 1. The van der Waals surface area contributed by atoms with Crippen molar-refractivity contribution in [3.05, 3.63) is 72.3 Å². The molecule has 3 rings (SSSR count). The van der Waals surface area contributed by atoms with Crippen LogP contribution in [0.5, 0.6) is 0 Å². The summed E-state index contributed by atoms with van der Waals surface area (Å²) in [5, 5.41) is 13.2. The Morgan fingerprint density at radius 3 is 2.58 bits per heavy atom. The van der Waals surface area contributed by atoms with Gasteiger partial charge in [-0.15, -0.1) is 0 Å². The van der Waals surface area contributed by atoms with E-state index < -0.39 is 5.60 Å². The van der Waals surface area contributed by atoms with Crippen LogP contribution in [0.1, 0.15) is 23.2 Å². The number of hydrogen-bond acceptors (Lipinski definition) is 3. The molecule has 1 aromatic carbocycles. The number of amides is 1. The molecular formula is C19H20N2O3. The number of aromatic nitrogens is 1. The number of furan rings is 1. The van der Waals surface area contributed by atoms with Crippen molar-refractivity contribution in [2.45, 2.75) is 12.5 Å². The minimum absolute atomic E-state index is 0.0607. The van der Waals surface area contributed by atoms with E-state index in [9.17, 15) is 9.90 Å². The van der Waals surface area contributed by atoms with Gasteiger partial charge in [0.05, 0.1) is 12.8 Å². The van der Waals surface area contributed by atoms with E-state index in [1.807, 2.05) is 48.0 Å². The summed E-state index contributed by atoms with van der Waals surface area (Å²) in [7, 11) is 1.85. The molecule has 0 radical (unpaired) electrons. The smallest absolute Gasteiger partial charge is 0.268 e. The van der Waals surface area contributed by atoms with Gasteiger partial charge in [0.1, 0.15) is 17.1 Å². The van der Waals surface area contributed by atoms with E-state index in [4.69, 9.17) is 4.42 Å². The third-order valence-corrected chi connectivity index (χ3v) is 4.07. The average molecular weight is 324 g/mol. The minimum Gasteiger partial charge on any atom is -0.466 e. The summed E-state index contributed by atoms with van der Waals surface area (Å²) >= 11 is 0. The van der Waals surface area contributed by atoms with Crippen molar-refractivity contribution in [1.29, 1.82) is 0 Å². The fraction of sp³-hybridized carbons (Fsp3) is 0.211. The first kappa shape index (κ1) is 16.1. The highest BCUT2D eigenvalue weighted by Crippen LogP contribution is 2.22. The summed E-state index contributed by atoms with van der Waals surface area (Å²) in [5.41, 5.74) is 1.27. The zero-order valence-electron chi connectivity index (χ0n) is 13.7. The quantitative estimate of drug-likeness (QED) is 0.758. The van der Waals surface area contributed by atoms with Crippen LogP contribution in [-0.2, 0) is 12.6 Å². The average Bonchev–Trinajstić information content (AvgIpc) is 3.24. The lowest BCUT2D eigenvalue weighted by molar-refractivity contribution is 0.0329. The number of hydrogen-bond donors (Lipinski definition) is 2. The van der Waals surface area contributed by atoms with Crippen molar-refractivity contribution in [3.63, 3.8) is 0 Å². The molecule has 0 aliphatic rings. The second kappa shape index (κ2) is 6.37. The SMILES string of the molecule is Cn1c(C(=O)NCC(C)(O)c2ccco2)ccc1-c1ccccc1. The molecule has 0 aliphatic heterocycles. The molecule has 0 saturated heterocycles. The normalized spacial score (nSPS) is 13.5. The van der Waals surface area contributed by atoms with Gasteiger partial charge in [0.15, 0.2) is 0 Å². The van der Waals surface area contributed by atoms with Crippen molar-refractivity contribution in [2.75, 3.05) is 6.54 Å². The van der Waals surface area contributed by atoms with Gasteiger partial charge in [-0.2, -0.15) is 0 Å². The molecule has 0 bridgehead atoms. The molecule has 2 aromatic heterocycles. The van der Waals surface area contributed by atoms with Crippen molar-refractivity contribution in [3.8, 4) is 11.3 Å². The topological polar surface area (TPSA) is 67.4 Å². The van der Waals surface area contributed by atoms with E-state index in [2.05, 4.69) is 5.32 Å². The third kappa shape index (κ3) is 3.12. The highest BCUT2D eigenvalue weighted by Gasteiger charge is 2.27. The molecule has 124 valence electrons. The maximum atomic E-state index is 12.5. The molecule has 5 heteroatoms. The molecule has 5 nitrogen and oxygen atoms in total. The zero-order valence-corrected chi connectivity index (χ0v) is 13.7. The second-order valence-corrected chi connectivity index (χ2v) is 5.96. The molecule has 24 heavy (non-hydrogen) atoms. The van der Waals surface area contributed by atoms with Gasteiger partial charge in [-0.1, -0.05) is 30.3 Å². The van der Waals surface area contributed by atoms with E-state index in [1.54, 1.807) is 25.1 Å². The lowest BCUT2D eigenvalue weighted by atomic mass is 10.0. The summed E-state index contributed by atoms with van der Waals surface area (Å²) in [6.07, 6.45) is 1.49. The third-order valence-electron chi connectivity index (χ3n) is 4.07. The minimum atomic E-state index is -1.26. The molecule has 0 saturated carbocycles. The van der Waals surface area contributed by atoms with E-state index in [1.165, 1.54) is 6.26 Å². The molecular weight excluding hydrogens is 304 g/mol. The van der Waals surface area contributed by atoms with E-state index in [0.29, 0.717) is 11.5 Å². The van der Waals surface area contributed by atoms with Gasteiger partial charge in [0.25, 0.3) is 5.91 Å². The molecule has 2 heterocycles. The molecule has 2 N–H and O–H groups in total. The molecule has 0 fully saturated rings. The zero-order chi connectivity index (χ0) is 17.2. The van der Waals surface area contributed by atoms with Gasteiger partial charge in [-0.05, 0) is 36.8 Å². The maximum absolute atomic E-state index is 12.5. The Kier molecular flexibility index (Phi) is 4.27.